The van der Waals surface area contributed by atoms with Crippen molar-refractivity contribution in [3.8, 4) is 0 Å². The van der Waals surface area contributed by atoms with Crippen LogP contribution >= 0.6 is 0 Å². The molecule has 0 aromatic heterocycles. The molecule has 1 heterocycles. The molecule has 2 aromatic rings. The van der Waals surface area contributed by atoms with E-state index >= 15 is 0 Å². The Kier molecular flexibility index (Phi) is 6.82. The number of likely N-dealkylation sites (tertiary alicyclic amines) is 1. The molecule has 0 spiro atoms. The Labute approximate surface area is 176 Å². The van der Waals surface area contributed by atoms with Gasteiger partial charge >= 0.3 is 0 Å². The van der Waals surface area contributed by atoms with Crippen molar-refractivity contribution in [1.29, 1.82) is 0 Å². The number of para-hydroxylation sites is 1. The molecule has 0 saturated carbocycles. The van der Waals surface area contributed by atoms with E-state index in [1.807, 2.05) is 24.8 Å². The third kappa shape index (κ3) is 5.02. The van der Waals surface area contributed by atoms with Gasteiger partial charge in [0.1, 0.15) is 5.82 Å². The molecule has 0 aliphatic carbocycles. The van der Waals surface area contributed by atoms with Crippen molar-refractivity contribution in [1.82, 2.24) is 9.80 Å². The number of rotatable bonds is 7. The zero-order valence-electron chi connectivity index (χ0n) is 17.6. The van der Waals surface area contributed by atoms with Gasteiger partial charge in [0.15, 0.2) is 0 Å². The molecule has 6 nitrogen and oxygen atoms in total. The Balaban J connectivity index is 1.85. The second kappa shape index (κ2) is 9.34. The van der Waals surface area contributed by atoms with E-state index in [0.717, 1.165) is 5.56 Å². The fraction of sp³-hybridized carbons (Fsp3) is 0.435. The minimum absolute atomic E-state index is 0.0278. The Morgan fingerprint density at radius 2 is 1.87 bits per heavy atom. The second-order valence-electron chi connectivity index (χ2n) is 8.26. The monoisotopic (exact) mass is 413 g/mol. The van der Waals surface area contributed by atoms with Crippen LogP contribution in [0.25, 0.3) is 0 Å². The zero-order chi connectivity index (χ0) is 21.8. The van der Waals surface area contributed by atoms with E-state index in [1.165, 1.54) is 18.2 Å². The highest BCUT2D eigenvalue weighted by molar-refractivity contribution is 5.73. The number of benzene rings is 2. The smallest absolute Gasteiger partial charge is 0.273 e. The summed E-state index contributed by atoms with van der Waals surface area (Å²) >= 11 is 0. The molecule has 3 rings (SSSR count). The van der Waals surface area contributed by atoms with Crippen molar-refractivity contribution >= 4 is 11.6 Å². The van der Waals surface area contributed by atoms with Gasteiger partial charge in [0, 0.05) is 56.7 Å². The van der Waals surface area contributed by atoms with E-state index in [1.54, 1.807) is 31.2 Å². The van der Waals surface area contributed by atoms with Crippen molar-refractivity contribution < 1.29 is 14.1 Å². The molecule has 1 saturated heterocycles. The van der Waals surface area contributed by atoms with Gasteiger partial charge in [-0.2, -0.15) is 0 Å². The Bertz CT molecular complexity index is 901. The molecule has 2 atom stereocenters. The van der Waals surface area contributed by atoms with Gasteiger partial charge < -0.3 is 4.90 Å². The SMILES string of the molecule is CC(=O)N(C[C@@H]1CN(Cc2ccccc2[N+](=O)[O-])C[C@H]1c1ccc(F)cc1)C(C)C. The standard InChI is InChI=1S/C23H28FN3O3/c1-16(2)26(17(3)28)14-20-13-25(12-19-6-4-5-7-23(19)27(29)30)15-22(20)18-8-10-21(24)11-9-18/h4-11,16,20,22H,12-15H2,1-3H3/t20-,22-/m0/s1. The topological polar surface area (TPSA) is 66.7 Å². The third-order valence-corrected chi connectivity index (χ3v) is 5.86. The summed E-state index contributed by atoms with van der Waals surface area (Å²) in [6.07, 6.45) is 0. The average molecular weight is 413 g/mol. The number of nitro groups is 1. The predicted octanol–water partition coefficient (Wildman–Crippen LogP) is 4.21. The van der Waals surface area contributed by atoms with Gasteiger partial charge in [0.2, 0.25) is 5.91 Å². The Hall–Kier alpha value is -2.80. The lowest BCUT2D eigenvalue weighted by Crippen LogP contribution is -2.40. The fourth-order valence-corrected chi connectivity index (χ4v) is 4.38. The lowest BCUT2D eigenvalue weighted by Gasteiger charge is -2.30. The first kappa shape index (κ1) is 21.9. The molecule has 2 aromatic carbocycles. The quantitative estimate of drug-likeness (QED) is 0.504. The highest BCUT2D eigenvalue weighted by Crippen LogP contribution is 2.35. The van der Waals surface area contributed by atoms with Crippen LogP contribution in [0.5, 0.6) is 0 Å². The molecule has 0 bridgehead atoms. The molecule has 1 fully saturated rings. The predicted molar refractivity (Wildman–Crippen MR) is 114 cm³/mol. The maximum absolute atomic E-state index is 13.4. The van der Waals surface area contributed by atoms with Crippen LogP contribution in [0.15, 0.2) is 48.5 Å². The minimum atomic E-state index is -0.351. The summed E-state index contributed by atoms with van der Waals surface area (Å²) in [6.45, 7) is 8.04. The van der Waals surface area contributed by atoms with Gasteiger partial charge in [-0.25, -0.2) is 4.39 Å². The Morgan fingerprint density at radius 3 is 2.47 bits per heavy atom. The van der Waals surface area contributed by atoms with E-state index < -0.39 is 0 Å². The number of hydrogen-bond donors (Lipinski definition) is 0. The zero-order valence-corrected chi connectivity index (χ0v) is 17.6. The number of nitro benzene ring substituents is 1. The number of halogens is 1. The second-order valence-corrected chi connectivity index (χ2v) is 8.26. The summed E-state index contributed by atoms with van der Waals surface area (Å²) in [7, 11) is 0. The lowest BCUT2D eigenvalue weighted by atomic mass is 9.88. The summed E-state index contributed by atoms with van der Waals surface area (Å²) in [5.41, 5.74) is 1.82. The van der Waals surface area contributed by atoms with E-state index in [2.05, 4.69) is 4.90 Å². The van der Waals surface area contributed by atoms with Crippen LogP contribution in [0.3, 0.4) is 0 Å². The van der Waals surface area contributed by atoms with Crippen molar-refractivity contribution in [2.75, 3.05) is 19.6 Å². The molecule has 160 valence electrons. The molecular formula is C23H28FN3O3. The van der Waals surface area contributed by atoms with Gasteiger partial charge in [0.05, 0.1) is 4.92 Å². The van der Waals surface area contributed by atoms with Gasteiger partial charge in [0.25, 0.3) is 5.69 Å². The summed E-state index contributed by atoms with van der Waals surface area (Å²) in [5.74, 6) is 0.0242. The molecule has 0 N–H and O–H groups in total. The van der Waals surface area contributed by atoms with Crippen LogP contribution in [0.4, 0.5) is 10.1 Å². The van der Waals surface area contributed by atoms with E-state index in [-0.39, 0.29) is 40.2 Å². The molecule has 0 unspecified atom stereocenters. The lowest BCUT2D eigenvalue weighted by molar-refractivity contribution is -0.385. The first-order valence-corrected chi connectivity index (χ1v) is 10.2. The number of carbonyl (C=O) groups is 1. The van der Waals surface area contributed by atoms with Crippen LogP contribution in [0, 0.1) is 21.8 Å². The van der Waals surface area contributed by atoms with Gasteiger partial charge in [-0.1, -0.05) is 30.3 Å². The number of nitrogens with zero attached hydrogens (tertiary/aromatic N) is 3. The van der Waals surface area contributed by atoms with Crippen LogP contribution < -0.4 is 0 Å². The molecule has 1 aliphatic rings. The molecule has 30 heavy (non-hydrogen) atoms. The van der Waals surface area contributed by atoms with Crippen molar-refractivity contribution in [3.05, 3.63) is 75.6 Å². The molecule has 7 heteroatoms. The Morgan fingerprint density at radius 1 is 1.20 bits per heavy atom. The number of carbonyl (C=O) groups excluding carboxylic acids is 1. The first-order valence-electron chi connectivity index (χ1n) is 10.2. The molecule has 0 radical (unpaired) electrons. The summed E-state index contributed by atoms with van der Waals surface area (Å²) in [6, 6.07) is 13.4. The highest BCUT2D eigenvalue weighted by atomic mass is 19.1. The number of hydrogen-bond acceptors (Lipinski definition) is 4. The summed E-state index contributed by atoms with van der Waals surface area (Å²) in [5, 5.41) is 11.4. The normalized spacial score (nSPS) is 19.2. The van der Waals surface area contributed by atoms with Crippen molar-refractivity contribution in [3.63, 3.8) is 0 Å². The van der Waals surface area contributed by atoms with Gasteiger partial charge in [-0.05, 0) is 37.5 Å². The number of amides is 1. The fourth-order valence-electron chi connectivity index (χ4n) is 4.38. The molecule has 1 amide bonds. The summed E-state index contributed by atoms with van der Waals surface area (Å²) < 4.78 is 13.4. The molecular weight excluding hydrogens is 385 g/mol. The van der Waals surface area contributed by atoms with Crippen LogP contribution in [0.1, 0.15) is 37.8 Å². The van der Waals surface area contributed by atoms with Crippen molar-refractivity contribution in [2.45, 2.75) is 39.3 Å². The van der Waals surface area contributed by atoms with Crippen LogP contribution in [0.2, 0.25) is 0 Å². The third-order valence-electron chi connectivity index (χ3n) is 5.86. The van der Waals surface area contributed by atoms with Crippen LogP contribution in [-0.4, -0.2) is 46.3 Å². The van der Waals surface area contributed by atoms with E-state index in [0.29, 0.717) is 31.7 Å². The maximum atomic E-state index is 13.4. The van der Waals surface area contributed by atoms with Crippen molar-refractivity contribution in [2.24, 2.45) is 5.92 Å². The van der Waals surface area contributed by atoms with Gasteiger partial charge in [-0.3, -0.25) is 19.8 Å². The van der Waals surface area contributed by atoms with Crippen LogP contribution in [-0.2, 0) is 11.3 Å². The van der Waals surface area contributed by atoms with E-state index in [4.69, 9.17) is 0 Å². The van der Waals surface area contributed by atoms with Gasteiger partial charge in [-0.15, -0.1) is 0 Å². The highest BCUT2D eigenvalue weighted by Gasteiger charge is 2.36. The summed E-state index contributed by atoms with van der Waals surface area (Å²) in [4.78, 5) is 27.2. The molecule has 1 aliphatic heterocycles. The first-order chi connectivity index (χ1) is 14.3. The minimum Gasteiger partial charge on any atom is -0.340 e. The average Bonchev–Trinajstić information content (AvgIpc) is 3.08. The maximum Gasteiger partial charge on any atom is 0.273 e. The van der Waals surface area contributed by atoms with E-state index in [9.17, 15) is 19.3 Å². The largest absolute Gasteiger partial charge is 0.340 e.